The first kappa shape index (κ1) is 24.1. The van der Waals surface area contributed by atoms with Gasteiger partial charge in [0.2, 0.25) is 5.91 Å². The summed E-state index contributed by atoms with van der Waals surface area (Å²) in [6.45, 7) is 0.787. The van der Waals surface area contributed by atoms with Crippen molar-refractivity contribution in [2.24, 2.45) is 7.05 Å². The molecule has 0 radical (unpaired) electrons. The zero-order valence-electron chi connectivity index (χ0n) is 19.9. The van der Waals surface area contributed by atoms with E-state index in [0.29, 0.717) is 41.8 Å². The third-order valence-electron chi connectivity index (χ3n) is 5.61. The van der Waals surface area contributed by atoms with Crippen molar-refractivity contribution in [3.8, 4) is 0 Å². The van der Waals surface area contributed by atoms with Gasteiger partial charge in [-0.1, -0.05) is 12.1 Å². The van der Waals surface area contributed by atoms with Crippen molar-refractivity contribution in [1.82, 2.24) is 24.2 Å². The van der Waals surface area contributed by atoms with Crippen LogP contribution in [0.3, 0.4) is 0 Å². The molecule has 10 heteroatoms. The lowest BCUT2D eigenvalue weighted by Gasteiger charge is -2.19. The van der Waals surface area contributed by atoms with E-state index in [4.69, 9.17) is 4.74 Å². The fraction of sp³-hybridized carbons (Fsp3) is 0.280. The summed E-state index contributed by atoms with van der Waals surface area (Å²) in [6.07, 6.45) is 5.99. The maximum absolute atomic E-state index is 13.6. The number of benzene rings is 2. The third kappa shape index (κ3) is 5.72. The quantitative estimate of drug-likeness (QED) is 0.399. The van der Waals surface area contributed by atoms with E-state index in [1.54, 1.807) is 53.4 Å². The average Bonchev–Trinajstić information content (AvgIpc) is 3.44. The van der Waals surface area contributed by atoms with Crippen molar-refractivity contribution in [3.63, 3.8) is 0 Å². The van der Waals surface area contributed by atoms with Crippen LogP contribution in [0.25, 0.3) is 11.0 Å². The number of carbonyl (C=O) groups is 2. The van der Waals surface area contributed by atoms with E-state index >= 15 is 0 Å². The summed E-state index contributed by atoms with van der Waals surface area (Å²) in [5.41, 5.74) is 3.95. The van der Waals surface area contributed by atoms with Crippen molar-refractivity contribution in [2.45, 2.75) is 13.0 Å². The van der Waals surface area contributed by atoms with Crippen LogP contribution in [0.2, 0.25) is 0 Å². The Hall–Kier alpha value is -4.05. The van der Waals surface area contributed by atoms with Gasteiger partial charge in [0.1, 0.15) is 12.4 Å². The number of rotatable bonds is 9. The Morgan fingerprint density at radius 3 is 2.63 bits per heavy atom. The second kappa shape index (κ2) is 10.5. The van der Waals surface area contributed by atoms with E-state index in [2.05, 4.69) is 15.4 Å². The normalized spacial score (nSPS) is 11.1. The molecule has 0 aliphatic heterocycles. The molecule has 2 amide bonds. The molecule has 0 bridgehead atoms. The van der Waals surface area contributed by atoms with Gasteiger partial charge in [-0.05, 0) is 41.8 Å². The van der Waals surface area contributed by atoms with E-state index in [9.17, 15) is 14.0 Å². The van der Waals surface area contributed by atoms with Crippen molar-refractivity contribution < 1.29 is 18.7 Å². The summed E-state index contributed by atoms with van der Waals surface area (Å²) in [4.78, 5) is 31.8. The number of imidazole rings is 1. The first-order valence-electron chi connectivity index (χ1n) is 11.1. The summed E-state index contributed by atoms with van der Waals surface area (Å²) < 4.78 is 21.8. The van der Waals surface area contributed by atoms with Gasteiger partial charge < -0.3 is 19.5 Å². The second-order valence-corrected chi connectivity index (χ2v) is 8.37. The Morgan fingerprint density at radius 1 is 1.17 bits per heavy atom. The first-order valence-corrected chi connectivity index (χ1v) is 11.1. The molecule has 0 aliphatic rings. The topological polar surface area (TPSA) is 94.3 Å². The van der Waals surface area contributed by atoms with Gasteiger partial charge in [0, 0.05) is 46.2 Å². The number of hydrogen-bond acceptors (Lipinski definition) is 5. The zero-order valence-corrected chi connectivity index (χ0v) is 19.9. The molecule has 35 heavy (non-hydrogen) atoms. The number of fused-ring (bicyclic) bond motifs is 1. The zero-order chi connectivity index (χ0) is 24.9. The van der Waals surface area contributed by atoms with Crippen molar-refractivity contribution in [3.05, 3.63) is 77.6 Å². The van der Waals surface area contributed by atoms with E-state index in [0.717, 1.165) is 11.1 Å². The van der Waals surface area contributed by atoms with Gasteiger partial charge in [-0.15, -0.1) is 0 Å². The minimum Gasteiger partial charge on any atom is -0.375 e. The van der Waals surface area contributed by atoms with E-state index < -0.39 is 0 Å². The average molecular weight is 479 g/mol. The molecule has 2 aromatic heterocycles. The minimum absolute atomic E-state index is 0.106. The molecule has 2 aromatic carbocycles. The highest BCUT2D eigenvalue weighted by atomic mass is 19.1. The smallest absolute Gasteiger partial charge is 0.255 e. The number of likely N-dealkylation sites (N-methyl/N-ethyl adjacent to an activating group) is 1. The molecule has 0 spiro atoms. The number of anilines is 1. The summed E-state index contributed by atoms with van der Waals surface area (Å²) in [6, 6.07) is 9.56. The maximum atomic E-state index is 13.6. The van der Waals surface area contributed by atoms with Crippen LogP contribution in [0.5, 0.6) is 0 Å². The molecule has 182 valence electrons. The summed E-state index contributed by atoms with van der Waals surface area (Å²) in [5.74, 6) is -0.852. The number of halogens is 1. The molecule has 0 saturated heterocycles. The van der Waals surface area contributed by atoms with Gasteiger partial charge in [-0.3, -0.25) is 14.3 Å². The Morgan fingerprint density at radius 2 is 1.94 bits per heavy atom. The molecule has 9 nitrogen and oxygen atoms in total. The fourth-order valence-corrected chi connectivity index (χ4v) is 3.88. The molecule has 4 aromatic rings. The minimum atomic E-state index is -0.332. The summed E-state index contributed by atoms with van der Waals surface area (Å²) in [5, 5.41) is 6.93. The van der Waals surface area contributed by atoms with Crippen molar-refractivity contribution in [1.29, 1.82) is 0 Å². The number of carbonyl (C=O) groups excluding carboxylic acids is 2. The Labute approximate surface area is 202 Å². The monoisotopic (exact) mass is 478 g/mol. The molecule has 0 fully saturated rings. The fourth-order valence-electron chi connectivity index (χ4n) is 3.88. The van der Waals surface area contributed by atoms with Gasteiger partial charge in [0.05, 0.1) is 29.1 Å². The summed E-state index contributed by atoms with van der Waals surface area (Å²) >= 11 is 0. The predicted octanol–water partition coefficient (Wildman–Crippen LogP) is 2.86. The molecule has 0 aliphatic carbocycles. The highest BCUT2D eigenvalue weighted by Crippen LogP contribution is 2.26. The Bertz CT molecular complexity index is 1350. The van der Waals surface area contributed by atoms with Gasteiger partial charge in [-0.25, -0.2) is 9.37 Å². The van der Waals surface area contributed by atoms with Gasteiger partial charge in [0.25, 0.3) is 5.91 Å². The molecule has 0 atom stereocenters. The molecular formula is C25H27FN6O3. The molecule has 0 unspecified atom stereocenters. The maximum Gasteiger partial charge on any atom is 0.255 e. The van der Waals surface area contributed by atoms with Crippen LogP contribution >= 0.6 is 0 Å². The molecule has 1 N–H and O–H groups in total. The number of aromatic nitrogens is 4. The van der Waals surface area contributed by atoms with Gasteiger partial charge >= 0.3 is 0 Å². The van der Waals surface area contributed by atoms with Crippen LogP contribution in [-0.4, -0.2) is 63.4 Å². The number of aryl methyl sites for hydroxylation is 1. The Balaban J connectivity index is 1.67. The molecule has 0 saturated carbocycles. The first-order chi connectivity index (χ1) is 16.8. The molecule has 4 rings (SSSR count). The van der Waals surface area contributed by atoms with Crippen LogP contribution in [0.1, 0.15) is 21.5 Å². The lowest BCUT2D eigenvalue weighted by molar-refractivity contribution is -0.119. The Kier molecular flexibility index (Phi) is 7.21. The van der Waals surface area contributed by atoms with Crippen LogP contribution in [0.15, 0.2) is 55.1 Å². The van der Waals surface area contributed by atoms with E-state index in [-0.39, 0.29) is 24.2 Å². The third-order valence-corrected chi connectivity index (χ3v) is 5.61. The van der Waals surface area contributed by atoms with Crippen molar-refractivity contribution >= 4 is 28.5 Å². The van der Waals surface area contributed by atoms with E-state index in [1.807, 2.05) is 17.8 Å². The number of ether oxygens (including phenoxy) is 1. The standard InChI is InChI=1S/C25H27FN6O3/c1-30(9-8-18-12-28-31(2)13-18)25(34)21-10-20(29-23(33)15-35-3)11-22-24(21)32(16-27-22)14-17-4-6-19(26)7-5-17/h4-7,10-13,16H,8-9,14-15H2,1-3H3,(H,29,33). The number of amides is 2. The van der Waals surface area contributed by atoms with Crippen LogP contribution in [0.4, 0.5) is 10.1 Å². The largest absolute Gasteiger partial charge is 0.375 e. The molecular weight excluding hydrogens is 451 g/mol. The number of nitrogens with one attached hydrogen (secondary N) is 1. The summed E-state index contributed by atoms with van der Waals surface area (Å²) in [7, 11) is 5.02. The van der Waals surface area contributed by atoms with E-state index in [1.165, 1.54) is 19.2 Å². The number of methoxy groups -OCH3 is 1. The molecule has 2 heterocycles. The van der Waals surface area contributed by atoms with Crippen molar-refractivity contribution in [2.75, 3.05) is 32.6 Å². The lowest BCUT2D eigenvalue weighted by atomic mass is 10.1. The van der Waals surface area contributed by atoms with Gasteiger partial charge in [0.15, 0.2) is 0 Å². The second-order valence-electron chi connectivity index (χ2n) is 8.37. The van der Waals surface area contributed by atoms with Crippen LogP contribution in [-0.2, 0) is 29.5 Å². The van der Waals surface area contributed by atoms with Crippen LogP contribution < -0.4 is 5.32 Å². The predicted molar refractivity (Wildman–Crippen MR) is 130 cm³/mol. The highest BCUT2D eigenvalue weighted by molar-refractivity contribution is 6.07. The lowest BCUT2D eigenvalue weighted by Crippen LogP contribution is -2.29. The van der Waals surface area contributed by atoms with Crippen LogP contribution in [0, 0.1) is 5.82 Å². The number of nitrogens with zero attached hydrogens (tertiary/aromatic N) is 5. The van der Waals surface area contributed by atoms with Gasteiger partial charge in [-0.2, -0.15) is 5.10 Å². The highest BCUT2D eigenvalue weighted by Gasteiger charge is 2.20. The number of hydrogen-bond donors (Lipinski definition) is 1. The SMILES string of the molecule is COCC(=O)Nc1cc(C(=O)N(C)CCc2cnn(C)c2)c2c(c1)ncn2Cc1ccc(F)cc1.